The van der Waals surface area contributed by atoms with Gasteiger partial charge in [0.25, 0.3) is 0 Å². The average molecular weight is 170 g/mol. The quantitative estimate of drug-likeness (QED) is 0.481. The van der Waals surface area contributed by atoms with Crippen LogP contribution < -0.4 is 0 Å². The number of piperidine rings is 1. The van der Waals surface area contributed by atoms with Crippen LogP contribution in [0.2, 0.25) is 0 Å². The van der Waals surface area contributed by atoms with E-state index in [9.17, 15) is 0 Å². The van der Waals surface area contributed by atoms with Crippen molar-refractivity contribution < 1.29 is 5.11 Å². The van der Waals surface area contributed by atoms with Gasteiger partial charge in [0.1, 0.15) is 0 Å². The third-order valence-electron chi connectivity index (χ3n) is 2.51. The lowest BCUT2D eigenvalue weighted by atomic mass is 9.99. The Hall–Kier alpha value is -0.570. The third kappa shape index (κ3) is 2.48. The lowest BCUT2D eigenvalue weighted by Gasteiger charge is -2.32. The molecule has 2 N–H and O–H groups in total. The van der Waals surface area contributed by atoms with Crippen molar-refractivity contribution in [3.05, 3.63) is 0 Å². The summed E-state index contributed by atoms with van der Waals surface area (Å²) in [5.74, 6) is 1.41. The molecular formula is C9H18N2O. The molecule has 12 heavy (non-hydrogen) atoms. The third-order valence-corrected chi connectivity index (χ3v) is 2.51. The molecule has 1 rings (SSSR count). The van der Waals surface area contributed by atoms with Crippen molar-refractivity contribution in [2.45, 2.75) is 26.2 Å². The van der Waals surface area contributed by atoms with Gasteiger partial charge in [-0.1, -0.05) is 6.92 Å². The first-order valence-electron chi connectivity index (χ1n) is 4.67. The molecule has 0 aromatic carbocycles. The molecular weight excluding hydrogens is 152 g/mol. The maximum Gasteiger partial charge on any atom is 0.0980 e. The van der Waals surface area contributed by atoms with Crippen molar-refractivity contribution in [1.29, 1.82) is 5.41 Å². The number of likely N-dealkylation sites (tertiary alicyclic amines) is 1. The van der Waals surface area contributed by atoms with E-state index in [0.717, 1.165) is 19.0 Å². The van der Waals surface area contributed by atoms with Crippen LogP contribution >= 0.6 is 0 Å². The SMILES string of the molecule is CC1CCN(C(=N)CCO)CC1. The second kappa shape index (κ2) is 4.45. The minimum atomic E-state index is 0.102. The zero-order chi connectivity index (χ0) is 8.97. The molecule has 70 valence electrons. The molecule has 0 aliphatic carbocycles. The maximum absolute atomic E-state index is 8.65. The molecule has 3 nitrogen and oxygen atoms in total. The number of aliphatic hydroxyl groups is 1. The molecule has 1 saturated heterocycles. The topological polar surface area (TPSA) is 47.3 Å². The van der Waals surface area contributed by atoms with Gasteiger partial charge in [-0.05, 0) is 18.8 Å². The van der Waals surface area contributed by atoms with Crippen LogP contribution in [0.25, 0.3) is 0 Å². The monoisotopic (exact) mass is 170 g/mol. The summed E-state index contributed by atoms with van der Waals surface area (Å²) in [4.78, 5) is 2.08. The van der Waals surface area contributed by atoms with Gasteiger partial charge in [0.05, 0.1) is 12.4 Å². The molecule has 0 unspecified atom stereocenters. The summed E-state index contributed by atoms with van der Waals surface area (Å²) in [7, 11) is 0. The molecule has 0 spiro atoms. The summed E-state index contributed by atoms with van der Waals surface area (Å²) in [5.41, 5.74) is 0. The molecule has 0 amide bonds. The van der Waals surface area contributed by atoms with Gasteiger partial charge in [-0.15, -0.1) is 0 Å². The zero-order valence-corrected chi connectivity index (χ0v) is 7.71. The number of aliphatic hydroxyl groups excluding tert-OH is 1. The van der Waals surface area contributed by atoms with Crippen LogP contribution in [0.3, 0.4) is 0 Å². The van der Waals surface area contributed by atoms with Crippen molar-refractivity contribution in [1.82, 2.24) is 4.90 Å². The highest BCUT2D eigenvalue weighted by molar-refractivity contribution is 5.79. The number of hydrogen-bond acceptors (Lipinski definition) is 2. The largest absolute Gasteiger partial charge is 0.396 e. The van der Waals surface area contributed by atoms with Gasteiger partial charge >= 0.3 is 0 Å². The van der Waals surface area contributed by atoms with E-state index >= 15 is 0 Å². The Morgan fingerprint density at radius 1 is 1.50 bits per heavy atom. The Morgan fingerprint density at radius 3 is 2.58 bits per heavy atom. The van der Waals surface area contributed by atoms with Crippen LogP contribution in [0.4, 0.5) is 0 Å². The summed E-state index contributed by atoms with van der Waals surface area (Å²) in [6.07, 6.45) is 2.88. The number of nitrogens with zero attached hydrogens (tertiary/aromatic N) is 1. The molecule has 0 radical (unpaired) electrons. The van der Waals surface area contributed by atoms with Gasteiger partial charge in [0.15, 0.2) is 0 Å². The van der Waals surface area contributed by atoms with E-state index in [-0.39, 0.29) is 6.61 Å². The molecule has 1 heterocycles. The number of nitrogens with one attached hydrogen (secondary N) is 1. The average Bonchev–Trinajstić information content (AvgIpc) is 2.06. The Balaban J connectivity index is 2.29. The second-order valence-electron chi connectivity index (χ2n) is 3.59. The normalized spacial score (nSPS) is 19.7. The zero-order valence-electron chi connectivity index (χ0n) is 7.71. The highest BCUT2D eigenvalue weighted by Crippen LogP contribution is 2.16. The van der Waals surface area contributed by atoms with Crippen LogP contribution in [0.1, 0.15) is 26.2 Å². The Kier molecular flexibility index (Phi) is 3.53. The first-order valence-corrected chi connectivity index (χ1v) is 4.67. The molecule has 0 saturated carbocycles. The Labute approximate surface area is 73.9 Å². The number of rotatable bonds is 2. The fraction of sp³-hybridized carbons (Fsp3) is 0.889. The van der Waals surface area contributed by atoms with E-state index in [4.69, 9.17) is 10.5 Å². The standard InChI is InChI=1S/C9H18N2O/c1-8-2-5-11(6-3-8)9(10)4-7-12/h8,10,12H,2-7H2,1H3. The molecule has 1 fully saturated rings. The van der Waals surface area contributed by atoms with Gasteiger partial charge in [-0.2, -0.15) is 0 Å². The predicted molar refractivity (Wildman–Crippen MR) is 49.4 cm³/mol. The molecule has 0 aromatic rings. The predicted octanol–water partition coefficient (Wildman–Crippen LogP) is 1.08. The first-order chi connectivity index (χ1) is 5.74. The molecule has 1 aliphatic rings. The lowest BCUT2D eigenvalue weighted by Crippen LogP contribution is -2.37. The molecule has 0 atom stereocenters. The van der Waals surface area contributed by atoms with Gasteiger partial charge in [0.2, 0.25) is 0 Å². The molecule has 0 aromatic heterocycles. The molecule has 0 bridgehead atoms. The molecule has 3 heteroatoms. The summed E-state index contributed by atoms with van der Waals surface area (Å²) in [6, 6.07) is 0. The van der Waals surface area contributed by atoms with Crippen LogP contribution in [0, 0.1) is 11.3 Å². The number of amidine groups is 1. The van der Waals surface area contributed by atoms with E-state index < -0.39 is 0 Å². The van der Waals surface area contributed by atoms with E-state index in [1.54, 1.807) is 0 Å². The van der Waals surface area contributed by atoms with E-state index in [1.807, 2.05) is 0 Å². The van der Waals surface area contributed by atoms with E-state index in [1.165, 1.54) is 12.8 Å². The summed E-state index contributed by atoms with van der Waals surface area (Å²) in [5, 5.41) is 16.3. The summed E-state index contributed by atoms with van der Waals surface area (Å²) < 4.78 is 0. The Bertz CT molecular complexity index is 151. The Morgan fingerprint density at radius 2 is 2.08 bits per heavy atom. The fourth-order valence-corrected chi connectivity index (χ4v) is 1.54. The second-order valence-corrected chi connectivity index (χ2v) is 3.59. The summed E-state index contributed by atoms with van der Waals surface area (Å²) in [6.45, 7) is 4.36. The van der Waals surface area contributed by atoms with Crippen molar-refractivity contribution >= 4 is 5.84 Å². The van der Waals surface area contributed by atoms with Crippen molar-refractivity contribution in [3.63, 3.8) is 0 Å². The lowest BCUT2D eigenvalue weighted by molar-refractivity contribution is 0.261. The molecule has 1 aliphatic heterocycles. The van der Waals surface area contributed by atoms with Gasteiger partial charge in [-0.25, -0.2) is 0 Å². The van der Waals surface area contributed by atoms with Crippen LogP contribution in [-0.2, 0) is 0 Å². The van der Waals surface area contributed by atoms with Crippen LogP contribution in [0.5, 0.6) is 0 Å². The maximum atomic E-state index is 8.65. The minimum Gasteiger partial charge on any atom is -0.396 e. The van der Waals surface area contributed by atoms with Gasteiger partial charge in [-0.3, -0.25) is 5.41 Å². The van der Waals surface area contributed by atoms with Crippen LogP contribution in [0.15, 0.2) is 0 Å². The van der Waals surface area contributed by atoms with E-state index in [0.29, 0.717) is 12.3 Å². The minimum absolute atomic E-state index is 0.102. The van der Waals surface area contributed by atoms with Crippen molar-refractivity contribution in [3.8, 4) is 0 Å². The van der Waals surface area contributed by atoms with Crippen LogP contribution in [-0.4, -0.2) is 35.5 Å². The first kappa shape index (κ1) is 9.52. The fourth-order valence-electron chi connectivity index (χ4n) is 1.54. The van der Waals surface area contributed by atoms with Gasteiger partial charge < -0.3 is 10.0 Å². The van der Waals surface area contributed by atoms with E-state index in [2.05, 4.69) is 11.8 Å². The van der Waals surface area contributed by atoms with Gasteiger partial charge in [0, 0.05) is 19.5 Å². The number of hydrogen-bond donors (Lipinski definition) is 2. The summed E-state index contributed by atoms with van der Waals surface area (Å²) >= 11 is 0. The van der Waals surface area contributed by atoms with Crippen molar-refractivity contribution in [2.24, 2.45) is 5.92 Å². The highest BCUT2D eigenvalue weighted by atomic mass is 16.3. The smallest absolute Gasteiger partial charge is 0.0980 e. The highest BCUT2D eigenvalue weighted by Gasteiger charge is 2.16. The van der Waals surface area contributed by atoms with Crippen molar-refractivity contribution in [2.75, 3.05) is 19.7 Å².